The topological polar surface area (TPSA) is 12.4 Å². The molecule has 1 atom stereocenters. The van der Waals surface area contributed by atoms with Crippen molar-refractivity contribution in [2.24, 2.45) is 4.99 Å². The first-order valence-electron chi connectivity index (χ1n) is 4.69. The third kappa shape index (κ3) is 2.34. The summed E-state index contributed by atoms with van der Waals surface area (Å²) in [5.41, 5.74) is 1.64. The fraction of sp³-hybridized carbons (Fsp3) is 0.615. The molecule has 0 bridgehead atoms. The summed E-state index contributed by atoms with van der Waals surface area (Å²) in [5.74, 6) is 0. The Bertz CT molecular complexity index is 260. The standard InChI is InChI=1S/C11H15N.2CH4/c1-11-8-4-2-3-6-10(11)7-5-9-12-11;;/h2,4,6,9H,3,5,7-8H2,1H3;2*1H4. The molecule has 0 N–H and O–H groups in total. The van der Waals surface area contributed by atoms with E-state index in [2.05, 4.69) is 36.4 Å². The van der Waals surface area contributed by atoms with Crippen LogP contribution in [0, 0.1) is 0 Å². The minimum absolute atomic E-state index is 0. The first kappa shape index (κ1) is 13.2. The Morgan fingerprint density at radius 1 is 1.29 bits per heavy atom. The normalized spacial score (nSPS) is 29.1. The van der Waals surface area contributed by atoms with Gasteiger partial charge in [0.25, 0.3) is 0 Å². The van der Waals surface area contributed by atoms with Gasteiger partial charge in [0, 0.05) is 6.21 Å². The summed E-state index contributed by atoms with van der Waals surface area (Å²) in [4.78, 5) is 4.60. The van der Waals surface area contributed by atoms with Crippen LogP contribution in [-0.4, -0.2) is 11.8 Å². The van der Waals surface area contributed by atoms with E-state index in [0.717, 1.165) is 19.3 Å². The number of fused-ring (bicyclic) bond motifs is 1. The van der Waals surface area contributed by atoms with Gasteiger partial charge in [0.15, 0.2) is 0 Å². The first-order valence-corrected chi connectivity index (χ1v) is 4.69. The Balaban J connectivity index is 0.000000845. The molecular formula is C13H23N. The van der Waals surface area contributed by atoms with Gasteiger partial charge in [-0.2, -0.15) is 0 Å². The molecule has 0 spiro atoms. The average molecular weight is 193 g/mol. The third-order valence-electron chi connectivity index (χ3n) is 2.79. The summed E-state index contributed by atoms with van der Waals surface area (Å²) < 4.78 is 0. The number of nitrogens with zero attached hydrogens (tertiary/aromatic N) is 1. The van der Waals surface area contributed by atoms with Crippen molar-refractivity contribution < 1.29 is 0 Å². The largest absolute Gasteiger partial charge is 0.286 e. The van der Waals surface area contributed by atoms with Crippen molar-refractivity contribution in [3.8, 4) is 0 Å². The molecule has 1 unspecified atom stereocenters. The van der Waals surface area contributed by atoms with Gasteiger partial charge < -0.3 is 0 Å². The van der Waals surface area contributed by atoms with E-state index in [0.29, 0.717) is 0 Å². The highest BCUT2D eigenvalue weighted by atomic mass is 14.9. The number of hydrogen-bond donors (Lipinski definition) is 0. The molecule has 1 nitrogen and oxygen atoms in total. The smallest absolute Gasteiger partial charge is 0.0819 e. The minimum Gasteiger partial charge on any atom is -0.286 e. The van der Waals surface area contributed by atoms with Crippen molar-refractivity contribution in [2.45, 2.75) is 53.0 Å². The maximum absolute atomic E-state index is 4.60. The van der Waals surface area contributed by atoms with Crippen LogP contribution < -0.4 is 0 Å². The summed E-state index contributed by atoms with van der Waals surface area (Å²) >= 11 is 0. The number of rotatable bonds is 0. The molecule has 0 fully saturated rings. The number of aliphatic imine (C=N–C) groups is 1. The zero-order valence-electron chi connectivity index (χ0n) is 7.59. The summed E-state index contributed by atoms with van der Waals surface area (Å²) in [7, 11) is 0. The van der Waals surface area contributed by atoms with Crippen molar-refractivity contribution in [3.05, 3.63) is 23.8 Å². The van der Waals surface area contributed by atoms with Crippen LogP contribution in [0.2, 0.25) is 0 Å². The van der Waals surface area contributed by atoms with E-state index in [1.54, 1.807) is 0 Å². The Morgan fingerprint density at radius 3 is 2.86 bits per heavy atom. The maximum atomic E-state index is 4.60. The van der Waals surface area contributed by atoms with E-state index in [9.17, 15) is 0 Å². The van der Waals surface area contributed by atoms with Crippen molar-refractivity contribution in [2.75, 3.05) is 0 Å². The van der Waals surface area contributed by atoms with Gasteiger partial charge in [-0.1, -0.05) is 33.1 Å². The molecule has 1 heterocycles. The summed E-state index contributed by atoms with van der Waals surface area (Å²) in [6.45, 7) is 2.24. The predicted octanol–water partition coefficient (Wildman–Crippen LogP) is 4.16. The lowest BCUT2D eigenvalue weighted by Gasteiger charge is -2.29. The second kappa shape index (κ2) is 5.14. The lowest BCUT2D eigenvalue weighted by Crippen LogP contribution is -2.26. The molecule has 0 aromatic heterocycles. The van der Waals surface area contributed by atoms with Crippen molar-refractivity contribution in [1.82, 2.24) is 0 Å². The zero-order valence-corrected chi connectivity index (χ0v) is 7.59. The van der Waals surface area contributed by atoms with Crippen molar-refractivity contribution in [3.63, 3.8) is 0 Å². The molecule has 0 aromatic carbocycles. The Kier molecular flexibility index (Phi) is 4.82. The summed E-state index contributed by atoms with van der Waals surface area (Å²) in [5, 5.41) is 0. The van der Waals surface area contributed by atoms with Gasteiger partial charge in [-0.25, -0.2) is 0 Å². The zero-order chi connectivity index (χ0) is 8.44. The lowest BCUT2D eigenvalue weighted by molar-refractivity contribution is 0.529. The molecule has 0 saturated carbocycles. The van der Waals surface area contributed by atoms with Gasteiger partial charge >= 0.3 is 0 Å². The molecule has 14 heavy (non-hydrogen) atoms. The van der Waals surface area contributed by atoms with E-state index in [4.69, 9.17) is 0 Å². The third-order valence-corrected chi connectivity index (χ3v) is 2.79. The van der Waals surface area contributed by atoms with Crippen LogP contribution in [0.3, 0.4) is 0 Å². The molecule has 0 saturated heterocycles. The Labute approximate surface area is 88.6 Å². The van der Waals surface area contributed by atoms with E-state index in [1.807, 2.05) is 0 Å². The van der Waals surface area contributed by atoms with Crippen LogP contribution in [0.25, 0.3) is 0 Å². The minimum atomic E-state index is 0. The van der Waals surface area contributed by atoms with Crippen molar-refractivity contribution in [1.29, 1.82) is 0 Å². The first-order chi connectivity index (χ1) is 5.81. The molecule has 80 valence electrons. The molecule has 1 aliphatic carbocycles. The van der Waals surface area contributed by atoms with Crippen LogP contribution >= 0.6 is 0 Å². The Hall–Kier alpha value is -0.850. The highest BCUT2D eigenvalue weighted by molar-refractivity contribution is 5.62. The molecular weight excluding hydrogens is 170 g/mol. The predicted molar refractivity (Wildman–Crippen MR) is 66.1 cm³/mol. The molecule has 0 amide bonds. The SMILES string of the molecule is C.C.CC12CC=CCC=C1CCC=N2. The molecule has 2 aliphatic rings. The highest BCUT2D eigenvalue weighted by Crippen LogP contribution is 2.33. The second-order valence-corrected chi connectivity index (χ2v) is 3.76. The summed E-state index contributed by atoms with van der Waals surface area (Å²) in [6, 6.07) is 0. The van der Waals surface area contributed by atoms with E-state index in [-0.39, 0.29) is 20.4 Å². The average Bonchev–Trinajstić information content (AvgIpc) is 2.25. The molecule has 0 radical (unpaired) electrons. The quantitative estimate of drug-likeness (QED) is 0.512. The van der Waals surface area contributed by atoms with Crippen LogP contribution in [-0.2, 0) is 0 Å². The summed E-state index contributed by atoms with van der Waals surface area (Å²) in [6.07, 6.45) is 13.4. The Morgan fingerprint density at radius 2 is 2.07 bits per heavy atom. The molecule has 1 heteroatoms. The van der Waals surface area contributed by atoms with Gasteiger partial charge in [0.1, 0.15) is 0 Å². The van der Waals surface area contributed by atoms with Gasteiger partial charge in [-0.15, -0.1) is 0 Å². The van der Waals surface area contributed by atoms with Gasteiger partial charge in [-0.05, 0) is 38.2 Å². The van der Waals surface area contributed by atoms with E-state index >= 15 is 0 Å². The fourth-order valence-corrected chi connectivity index (χ4v) is 1.96. The van der Waals surface area contributed by atoms with Gasteiger partial charge in [-0.3, -0.25) is 4.99 Å². The molecule has 1 aliphatic heterocycles. The van der Waals surface area contributed by atoms with Crippen LogP contribution in [0.4, 0.5) is 0 Å². The molecule has 0 aromatic rings. The van der Waals surface area contributed by atoms with Crippen molar-refractivity contribution >= 4 is 6.21 Å². The van der Waals surface area contributed by atoms with E-state index < -0.39 is 0 Å². The van der Waals surface area contributed by atoms with E-state index in [1.165, 1.54) is 12.0 Å². The van der Waals surface area contributed by atoms with Gasteiger partial charge in [0.2, 0.25) is 0 Å². The fourth-order valence-electron chi connectivity index (χ4n) is 1.96. The van der Waals surface area contributed by atoms with Crippen LogP contribution in [0.5, 0.6) is 0 Å². The molecule has 2 rings (SSSR count). The lowest BCUT2D eigenvalue weighted by atomic mass is 9.84. The monoisotopic (exact) mass is 193 g/mol. The van der Waals surface area contributed by atoms with Gasteiger partial charge in [0.05, 0.1) is 5.54 Å². The second-order valence-electron chi connectivity index (χ2n) is 3.76. The number of hydrogen-bond acceptors (Lipinski definition) is 1. The number of allylic oxidation sites excluding steroid dienone is 2. The van der Waals surface area contributed by atoms with Crippen LogP contribution in [0.1, 0.15) is 47.5 Å². The highest BCUT2D eigenvalue weighted by Gasteiger charge is 2.28. The van der Waals surface area contributed by atoms with Crippen LogP contribution in [0.15, 0.2) is 28.8 Å². The maximum Gasteiger partial charge on any atom is 0.0819 e.